The Morgan fingerprint density at radius 3 is 3.10 bits per heavy atom. The highest BCUT2D eigenvalue weighted by atomic mass is 16.3. The SMILES string of the molecule is Cc1nc2cc(C(=O)NC3CN4CCC3C4)ccc2o1. The normalized spacial score (nSPS) is 28.1. The van der Waals surface area contributed by atoms with Gasteiger partial charge in [-0.15, -0.1) is 0 Å². The fourth-order valence-electron chi connectivity index (χ4n) is 3.38. The molecule has 3 unspecified atom stereocenters. The molecule has 0 aliphatic carbocycles. The summed E-state index contributed by atoms with van der Waals surface area (Å²) in [6, 6.07) is 5.71. The molecule has 2 aliphatic rings. The predicted octanol–water partition coefficient (Wildman–Crippen LogP) is 1.57. The molecule has 4 rings (SSSR count). The van der Waals surface area contributed by atoms with Crippen molar-refractivity contribution < 1.29 is 9.21 Å². The Morgan fingerprint density at radius 2 is 2.35 bits per heavy atom. The third-order valence-corrected chi connectivity index (χ3v) is 4.41. The largest absolute Gasteiger partial charge is 0.441 e. The second-order valence-electron chi connectivity index (χ2n) is 5.80. The van der Waals surface area contributed by atoms with Crippen molar-refractivity contribution in [2.75, 3.05) is 19.6 Å². The molecular weight excluding hydrogens is 254 g/mol. The van der Waals surface area contributed by atoms with Crippen LogP contribution in [0.5, 0.6) is 0 Å². The lowest BCUT2D eigenvalue weighted by Gasteiger charge is -2.23. The van der Waals surface area contributed by atoms with Gasteiger partial charge in [0.05, 0.1) is 0 Å². The number of aromatic nitrogens is 1. The van der Waals surface area contributed by atoms with Gasteiger partial charge in [0, 0.05) is 31.6 Å². The van der Waals surface area contributed by atoms with Crippen LogP contribution in [-0.4, -0.2) is 41.5 Å². The average molecular weight is 271 g/mol. The number of carbonyl (C=O) groups is 1. The molecule has 3 atom stereocenters. The molecule has 2 aromatic rings. The smallest absolute Gasteiger partial charge is 0.251 e. The lowest BCUT2D eigenvalue weighted by atomic mass is 9.99. The number of oxazole rings is 1. The van der Waals surface area contributed by atoms with Crippen molar-refractivity contribution in [3.8, 4) is 0 Å². The molecule has 0 saturated carbocycles. The molecule has 1 N–H and O–H groups in total. The maximum Gasteiger partial charge on any atom is 0.251 e. The number of carbonyl (C=O) groups excluding carboxylic acids is 1. The zero-order valence-corrected chi connectivity index (χ0v) is 11.4. The second-order valence-corrected chi connectivity index (χ2v) is 5.80. The zero-order chi connectivity index (χ0) is 13.7. The number of piperidine rings is 1. The molecule has 5 heteroatoms. The first-order valence-electron chi connectivity index (χ1n) is 7.09. The van der Waals surface area contributed by atoms with E-state index < -0.39 is 0 Å². The van der Waals surface area contributed by atoms with Crippen LogP contribution >= 0.6 is 0 Å². The molecule has 5 nitrogen and oxygen atoms in total. The molecular formula is C15H17N3O2. The first-order valence-corrected chi connectivity index (χ1v) is 7.09. The van der Waals surface area contributed by atoms with Crippen LogP contribution in [0, 0.1) is 12.8 Å². The van der Waals surface area contributed by atoms with E-state index in [1.807, 2.05) is 13.0 Å². The summed E-state index contributed by atoms with van der Waals surface area (Å²) in [5.41, 5.74) is 2.13. The summed E-state index contributed by atoms with van der Waals surface area (Å²) in [6.45, 7) is 5.11. The number of amides is 1. The first kappa shape index (κ1) is 11.9. The van der Waals surface area contributed by atoms with Crippen LogP contribution < -0.4 is 5.32 Å². The molecule has 2 bridgehead atoms. The van der Waals surface area contributed by atoms with Crippen LogP contribution in [0.3, 0.4) is 0 Å². The van der Waals surface area contributed by atoms with Gasteiger partial charge in [0.2, 0.25) is 0 Å². The molecule has 0 spiro atoms. The van der Waals surface area contributed by atoms with E-state index in [-0.39, 0.29) is 5.91 Å². The van der Waals surface area contributed by atoms with E-state index >= 15 is 0 Å². The number of fused-ring (bicyclic) bond motifs is 3. The van der Waals surface area contributed by atoms with E-state index in [0.29, 0.717) is 23.4 Å². The minimum atomic E-state index is -0.00805. The summed E-state index contributed by atoms with van der Waals surface area (Å²) < 4.78 is 5.43. The fraction of sp³-hybridized carbons (Fsp3) is 0.467. The van der Waals surface area contributed by atoms with Gasteiger partial charge < -0.3 is 14.6 Å². The van der Waals surface area contributed by atoms with Crippen LogP contribution in [0.1, 0.15) is 22.7 Å². The Labute approximate surface area is 117 Å². The standard InChI is InChI=1S/C15H17N3O2/c1-9-16-12-6-10(2-3-14(12)20-9)15(19)17-13-8-18-5-4-11(13)7-18/h2-3,6,11,13H,4-5,7-8H2,1H3,(H,17,19). The Kier molecular flexibility index (Phi) is 2.57. The van der Waals surface area contributed by atoms with E-state index in [9.17, 15) is 4.79 Å². The third kappa shape index (κ3) is 1.89. The fourth-order valence-corrected chi connectivity index (χ4v) is 3.38. The second kappa shape index (κ2) is 4.31. The minimum absolute atomic E-state index is 0.00805. The van der Waals surface area contributed by atoms with Crippen molar-refractivity contribution in [3.63, 3.8) is 0 Å². The van der Waals surface area contributed by atoms with Gasteiger partial charge in [-0.25, -0.2) is 4.98 Å². The van der Waals surface area contributed by atoms with Crippen molar-refractivity contribution >= 4 is 17.0 Å². The van der Waals surface area contributed by atoms with E-state index in [1.165, 1.54) is 13.0 Å². The molecule has 20 heavy (non-hydrogen) atoms. The van der Waals surface area contributed by atoms with Crippen molar-refractivity contribution in [1.29, 1.82) is 0 Å². The highest BCUT2D eigenvalue weighted by molar-refractivity contribution is 5.97. The van der Waals surface area contributed by atoms with Gasteiger partial charge in [-0.1, -0.05) is 0 Å². The summed E-state index contributed by atoms with van der Waals surface area (Å²) >= 11 is 0. The monoisotopic (exact) mass is 271 g/mol. The summed E-state index contributed by atoms with van der Waals surface area (Å²) in [5, 5.41) is 3.16. The maximum absolute atomic E-state index is 12.3. The van der Waals surface area contributed by atoms with Gasteiger partial charge in [-0.05, 0) is 37.1 Å². The van der Waals surface area contributed by atoms with Crippen LogP contribution in [0.4, 0.5) is 0 Å². The van der Waals surface area contributed by atoms with Gasteiger partial charge in [0.15, 0.2) is 11.5 Å². The van der Waals surface area contributed by atoms with E-state index in [1.54, 1.807) is 12.1 Å². The number of nitrogens with zero attached hydrogens (tertiary/aromatic N) is 2. The van der Waals surface area contributed by atoms with Crippen molar-refractivity contribution in [3.05, 3.63) is 29.7 Å². The van der Waals surface area contributed by atoms with Gasteiger partial charge >= 0.3 is 0 Å². The van der Waals surface area contributed by atoms with Gasteiger partial charge in [-0.2, -0.15) is 0 Å². The molecule has 1 aromatic heterocycles. The van der Waals surface area contributed by atoms with Crippen molar-refractivity contribution in [2.45, 2.75) is 19.4 Å². The summed E-state index contributed by atoms with van der Waals surface area (Å²) in [4.78, 5) is 19.0. The Balaban J connectivity index is 1.54. The van der Waals surface area contributed by atoms with E-state index in [4.69, 9.17) is 4.42 Å². The first-order chi connectivity index (χ1) is 9.69. The topological polar surface area (TPSA) is 58.4 Å². The minimum Gasteiger partial charge on any atom is -0.441 e. The average Bonchev–Trinajstić information content (AvgIpc) is 3.10. The Bertz CT molecular complexity index is 679. The van der Waals surface area contributed by atoms with Crippen LogP contribution in [0.25, 0.3) is 11.1 Å². The lowest BCUT2D eigenvalue weighted by Crippen LogP contribution is -2.43. The molecule has 104 valence electrons. The maximum atomic E-state index is 12.3. The number of nitrogens with one attached hydrogen (secondary N) is 1. The molecule has 1 aromatic carbocycles. The molecule has 0 radical (unpaired) electrons. The summed E-state index contributed by atoms with van der Waals surface area (Å²) in [6.07, 6.45) is 1.20. The zero-order valence-electron chi connectivity index (χ0n) is 11.4. The van der Waals surface area contributed by atoms with Crippen LogP contribution in [0.15, 0.2) is 22.6 Å². The van der Waals surface area contributed by atoms with Crippen molar-refractivity contribution in [1.82, 2.24) is 15.2 Å². The van der Waals surface area contributed by atoms with E-state index in [0.717, 1.165) is 24.2 Å². The Hall–Kier alpha value is -1.88. The number of benzene rings is 1. The van der Waals surface area contributed by atoms with Crippen LogP contribution in [-0.2, 0) is 0 Å². The highest BCUT2D eigenvalue weighted by Gasteiger charge is 2.38. The molecule has 2 fully saturated rings. The van der Waals surface area contributed by atoms with Gasteiger partial charge in [0.25, 0.3) is 5.91 Å². The van der Waals surface area contributed by atoms with E-state index in [2.05, 4.69) is 15.2 Å². The van der Waals surface area contributed by atoms with Crippen LogP contribution in [0.2, 0.25) is 0 Å². The predicted molar refractivity (Wildman–Crippen MR) is 74.5 cm³/mol. The summed E-state index contributed by atoms with van der Waals surface area (Å²) in [5.74, 6) is 1.24. The highest BCUT2D eigenvalue weighted by Crippen LogP contribution is 2.28. The molecule has 2 aliphatic heterocycles. The quantitative estimate of drug-likeness (QED) is 0.900. The lowest BCUT2D eigenvalue weighted by molar-refractivity contribution is 0.0924. The summed E-state index contributed by atoms with van der Waals surface area (Å²) in [7, 11) is 0. The van der Waals surface area contributed by atoms with Gasteiger partial charge in [-0.3, -0.25) is 4.79 Å². The molecule has 1 amide bonds. The third-order valence-electron chi connectivity index (χ3n) is 4.41. The molecule has 2 saturated heterocycles. The van der Waals surface area contributed by atoms with Crippen molar-refractivity contribution in [2.24, 2.45) is 5.92 Å². The molecule has 3 heterocycles. The van der Waals surface area contributed by atoms with Gasteiger partial charge in [0.1, 0.15) is 5.52 Å². The number of aryl methyl sites for hydroxylation is 1. The number of hydrogen-bond donors (Lipinski definition) is 1. The number of rotatable bonds is 2. The number of hydrogen-bond acceptors (Lipinski definition) is 4. The Morgan fingerprint density at radius 1 is 1.45 bits per heavy atom.